The molecule has 2 aromatic rings. The van der Waals surface area contributed by atoms with E-state index in [9.17, 15) is 4.79 Å². The first-order chi connectivity index (χ1) is 10.2. The van der Waals surface area contributed by atoms with Crippen molar-refractivity contribution in [2.45, 2.75) is 6.92 Å². The molecule has 0 bridgehead atoms. The molecule has 0 fully saturated rings. The van der Waals surface area contributed by atoms with E-state index < -0.39 is 0 Å². The largest absolute Gasteiger partial charge is 0.496 e. The van der Waals surface area contributed by atoms with Gasteiger partial charge in [0.15, 0.2) is 0 Å². The third-order valence-electron chi connectivity index (χ3n) is 3.05. The van der Waals surface area contributed by atoms with Gasteiger partial charge in [-0.2, -0.15) is 0 Å². The van der Waals surface area contributed by atoms with E-state index in [0.29, 0.717) is 29.3 Å². The highest BCUT2D eigenvalue weighted by Crippen LogP contribution is 2.36. The molecule has 21 heavy (non-hydrogen) atoms. The third-order valence-corrected chi connectivity index (χ3v) is 3.05. The van der Waals surface area contributed by atoms with Crippen molar-refractivity contribution in [1.82, 2.24) is 10.3 Å². The van der Waals surface area contributed by atoms with Crippen LogP contribution in [0.1, 0.15) is 17.3 Å². The number of amides is 1. The van der Waals surface area contributed by atoms with Crippen LogP contribution < -0.4 is 14.8 Å². The lowest BCUT2D eigenvalue weighted by atomic mass is 10.1. The summed E-state index contributed by atoms with van der Waals surface area (Å²) in [4.78, 5) is 16.1. The first-order valence-electron chi connectivity index (χ1n) is 6.66. The van der Waals surface area contributed by atoms with Crippen LogP contribution in [0.15, 0.2) is 36.5 Å². The van der Waals surface area contributed by atoms with E-state index in [0.717, 1.165) is 5.56 Å². The number of nitrogens with one attached hydrogen (secondary N) is 1. The van der Waals surface area contributed by atoms with Crippen molar-refractivity contribution in [2.75, 3.05) is 20.8 Å². The molecule has 1 amide bonds. The minimum Gasteiger partial charge on any atom is -0.496 e. The molecule has 0 saturated carbocycles. The van der Waals surface area contributed by atoms with Crippen LogP contribution >= 0.6 is 0 Å². The van der Waals surface area contributed by atoms with Crippen LogP contribution in [-0.2, 0) is 0 Å². The van der Waals surface area contributed by atoms with Gasteiger partial charge in [0, 0.05) is 12.7 Å². The molecule has 0 radical (unpaired) electrons. The number of nitrogens with zero attached hydrogens (tertiary/aromatic N) is 1. The smallest absolute Gasteiger partial charge is 0.252 e. The molecular weight excluding hydrogens is 268 g/mol. The number of rotatable bonds is 5. The van der Waals surface area contributed by atoms with E-state index in [4.69, 9.17) is 9.47 Å². The quantitative estimate of drug-likeness (QED) is 0.917. The van der Waals surface area contributed by atoms with Gasteiger partial charge in [0.25, 0.3) is 5.91 Å². The second-order valence-corrected chi connectivity index (χ2v) is 4.33. The van der Waals surface area contributed by atoms with E-state index in [-0.39, 0.29) is 5.91 Å². The molecule has 0 unspecified atom stereocenters. The Morgan fingerprint density at radius 3 is 2.29 bits per heavy atom. The Kier molecular flexibility index (Phi) is 4.77. The van der Waals surface area contributed by atoms with Gasteiger partial charge in [-0.3, -0.25) is 9.78 Å². The maximum absolute atomic E-state index is 11.7. The van der Waals surface area contributed by atoms with Crippen molar-refractivity contribution in [3.63, 3.8) is 0 Å². The van der Waals surface area contributed by atoms with Gasteiger partial charge in [0.1, 0.15) is 11.5 Å². The zero-order chi connectivity index (χ0) is 15.2. The summed E-state index contributed by atoms with van der Waals surface area (Å²) in [5, 5.41) is 2.74. The molecule has 5 heteroatoms. The van der Waals surface area contributed by atoms with Crippen LogP contribution in [0.5, 0.6) is 11.5 Å². The molecule has 1 aromatic carbocycles. The predicted molar refractivity (Wildman–Crippen MR) is 80.8 cm³/mol. The maximum atomic E-state index is 11.7. The number of carbonyl (C=O) groups is 1. The zero-order valence-electron chi connectivity index (χ0n) is 12.3. The summed E-state index contributed by atoms with van der Waals surface area (Å²) in [6.07, 6.45) is 1.55. The van der Waals surface area contributed by atoms with Crippen LogP contribution in [0, 0.1) is 0 Å². The number of methoxy groups -OCH3 is 2. The minimum absolute atomic E-state index is 0.136. The van der Waals surface area contributed by atoms with E-state index in [1.54, 1.807) is 32.5 Å². The molecule has 1 N–H and O–H groups in total. The SMILES string of the molecule is CCNC(=O)c1ccc(-c2c(OC)cccc2OC)nc1. The van der Waals surface area contributed by atoms with Gasteiger partial charge in [-0.15, -0.1) is 0 Å². The summed E-state index contributed by atoms with van der Waals surface area (Å²) in [5.74, 6) is 1.21. The number of ether oxygens (including phenoxy) is 2. The molecule has 1 aromatic heterocycles. The van der Waals surface area contributed by atoms with E-state index in [2.05, 4.69) is 10.3 Å². The Balaban J connectivity index is 2.41. The van der Waals surface area contributed by atoms with E-state index in [1.807, 2.05) is 25.1 Å². The van der Waals surface area contributed by atoms with Crippen molar-refractivity contribution in [3.05, 3.63) is 42.1 Å². The van der Waals surface area contributed by atoms with Crippen LogP contribution in [0.25, 0.3) is 11.3 Å². The molecule has 5 nitrogen and oxygen atoms in total. The van der Waals surface area contributed by atoms with Crippen molar-refractivity contribution >= 4 is 5.91 Å². The Labute approximate surface area is 123 Å². The molecule has 2 rings (SSSR count). The first kappa shape index (κ1) is 14.8. The topological polar surface area (TPSA) is 60.5 Å². The number of hydrogen-bond donors (Lipinski definition) is 1. The molecule has 0 atom stereocenters. The molecule has 0 saturated heterocycles. The van der Waals surface area contributed by atoms with Crippen LogP contribution in [0.2, 0.25) is 0 Å². The number of benzene rings is 1. The van der Waals surface area contributed by atoms with Crippen LogP contribution in [0.4, 0.5) is 0 Å². The predicted octanol–water partition coefficient (Wildman–Crippen LogP) is 2.52. The van der Waals surface area contributed by atoms with Crippen LogP contribution in [0.3, 0.4) is 0 Å². The molecule has 0 aliphatic carbocycles. The fourth-order valence-electron chi connectivity index (χ4n) is 2.04. The summed E-state index contributed by atoms with van der Waals surface area (Å²) >= 11 is 0. The Hall–Kier alpha value is -2.56. The van der Waals surface area contributed by atoms with Gasteiger partial charge in [-0.1, -0.05) is 6.07 Å². The lowest BCUT2D eigenvalue weighted by Crippen LogP contribution is -2.22. The third kappa shape index (κ3) is 3.13. The summed E-state index contributed by atoms with van der Waals surface area (Å²) < 4.78 is 10.7. The van der Waals surface area contributed by atoms with Crippen molar-refractivity contribution in [1.29, 1.82) is 0 Å². The van der Waals surface area contributed by atoms with E-state index in [1.165, 1.54) is 0 Å². The van der Waals surface area contributed by atoms with Gasteiger partial charge < -0.3 is 14.8 Å². The zero-order valence-corrected chi connectivity index (χ0v) is 12.3. The maximum Gasteiger partial charge on any atom is 0.252 e. The second-order valence-electron chi connectivity index (χ2n) is 4.33. The molecule has 1 heterocycles. The average Bonchev–Trinajstić information content (AvgIpc) is 2.54. The summed E-state index contributed by atoms with van der Waals surface area (Å²) in [7, 11) is 3.20. The average molecular weight is 286 g/mol. The number of carbonyl (C=O) groups excluding carboxylic acids is 1. The lowest BCUT2D eigenvalue weighted by Gasteiger charge is -2.12. The highest BCUT2D eigenvalue weighted by Gasteiger charge is 2.14. The Morgan fingerprint density at radius 2 is 1.81 bits per heavy atom. The van der Waals surface area contributed by atoms with Gasteiger partial charge in [-0.05, 0) is 31.2 Å². The molecule has 0 aliphatic rings. The highest BCUT2D eigenvalue weighted by molar-refractivity contribution is 5.94. The number of hydrogen-bond acceptors (Lipinski definition) is 4. The normalized spacial score (nSPS) is 10.0. The summed E-state index contributed by atoms with van der Waals surface area (Å²) in [5.41, 5.74) is 1.98. The van der Waals surface area contributed by atoms with Crippen molar-refractivity contribution in [3.8, 4) is 22.8 Å². The van der Waals surface area contributed by atoms with Crippen molar-refractivity contribution < 1.29 is 14.3 Å². The number of pyridine rings is 1. The monoisotopic (exact) mass is 286 g/mol. The number of aromatic nitrogens is 1. The molecule has 0 aliphatic heterocycles. The fourth-order valence-corrected chi connectivity index (χ4v) is 2.04. The van der Waals surface area contributed by atoms with Gasteiger partial charge >= 0.3 is 0 Å². The molecular formula is C16H18N2O3. The molecule has 110 valence electrons. The van der Waals surface area contributed by atoms with Gasteiger partial charge in [0.2, 0.25) is 0 Å². The summed E-state index contributed by atoms with van der Waals surface area (Å²) in [6, 6.07) is 9.06. The van der Waals surface area contributed by atoms with Gasteiger partial charge in [0.05, 0.1) is 31.0 Å². The Bertz CT molecular complexity index is 602. The second kappa shape index (κ2) is 6.74. The Morgan fingerprint density at radius 1 is 1.14 bits per heavy atom. The van der Waals surface area contributed by atoms with Gasteiger partial charge in [-0.25, -0.2) is 0 Å². The summed E-state index contributed by atoms with van der Waals surface area (Å²) in [6.45, 7) is 2.46. The van der Waals surface area contributed by atoms with E-state index >= 15 is 0 Å². The highest BCUT2D eigenvalue weighted by atomic mass is 16.5. The van der Waals surface area contributed by atoms with Crippen LogP contribution in [-0.4, -0.2) is 31.7 Å². The fraction of sp³-hybridized carbons (Fsp3) is 0.250. The minimum atomic E-state index is -0.136. The molecule has 0 spiro atoms. The standard InChI is InChI=1S/C16H18N2O3/c1-4-17-16(19)11-8-9-12(18-10-11)15-13(20-2)6-5-7-14(15)21-3/h5-10H,4H2,1-3H3,(H,17,19). The lowest BCUT2D eigenvalue weighted by molar-refractivity contribution is 0.0955. The first-order valence-corrected chi connectivity index (χ1v) is 6.66. The van der Waals surface area contributed by atoms with Crippen molar-refractivity contribution in [2.24, 2.45) is 0 Å².